The van der Waals surface area contributed by atoms with Gasteiger partial charge in [0.25, 0.3) is 5.56 Å². The summed E-state index contributed by atoms with van der Waals surface area (Å²) in [4.78, 5) is 31.3. The highest BCUT2D eigenvalue weighted by Crippen LogP contribution is 2.11. The number of amides is 1. The molecule has 0 radical (unpaired) electrons. The molecule has 1 amide bonds. The van der Waals surface area contributed by atoms with E-state index in [0.29, 0.717) is 23.8 Å². The number of carbonyl (C=O) groups excluding carboxylic acids is 1. The van der Waals surface area contributed by atoms with E-state index in [0.717, 1.165) is 11.1 Å². The Labute approximate surface area is 154 Å². The molecule has 0 aliphatic heterocycles. The Morgan fingerprint density at radius 3 is 2.37 bits per heavy atom. The maximum atomic E-state index is 12.3. The lowest BCUT2D eigenvalue weighted by molar-refractivity contribution is -0.115. The summed E-state index contributed by atoms with van der Waals surface area (Å²) in [5.74, 6) is 0.916. The molecule has 0 fully saturated rings. The molecule has 0 bridgehead atoms. The molecule has 4 aromatic rings. The molecule has 2 heterocycles. The molecular formula is C20H17N5O2. The number of fused-ring (bicyclic) bond motifs is 1. The molecule has 0 atom stereocenters. The second-order valence-corrected chi connectivity index (χ2v) is 6.16. The van der Waals surface area contributed by atoms with Crippen molar-refractivity contribution in [3.63, 3.8) is 0 Å². The van der Waals surface area contributed by atoms with Gasteiger partial charge in [-0.3, -0.25) is 14.6 Å². The smallest absolute Gasteiger partial charge is 0.254 e. The van der Waals surface area contributed by atoms with Crippen molar-refractivity contribution in [2.45, 2.75) is 12.8 Å². The standard InChI is InChI=1S/C20H17N5O2/c26-18(12-15-9-5-2-6-10-15)22-17-13-19(27)23-20-21-16(24-25(17)20)11-14-7-3-1-4-8-14/h1-10,13H,11-12H2,(H,22,26)(H,21,23,24,27). The van der Waals surface area contributed by atoms with E-state index in [1.54, 1.807) is 0 Å². The summed E-state index contributed by atoms with van der Waals surface area (Å²) in [6.07, 6.45) is 0.739. The highest BCUT2D eigenvalue weighted by molar-refractivity contribution is 5.91. The summed E-state index contributed by atoms with van der Waals surface area (Å²) < 4.78 is 1.45. The summed E-state index contributed by atoms with van der Waals surface area (Å²) in [6.45, 7) is 0. The first-order valence-corrected chi connectivity index (χ1v) is 8.54. The molecule has 2 N–H and O–H groups in total. The summed E-state index contributed by atoms with van der Waals surface area (Å²) in [7, 11) is 0. The SMILES string of the molecule is O=C(Cc1ccccc1)Nc1cc(=O)[nH]c2nc(Cc3ccccc3)nn12. The van der Waals surface area contributed by atoms with Gasteiger partial charge in [-0.2, -0.15) is 9.50 Å². The highest BCUT2D eigenvalue weighted by Gasteiger charge is 2.12. The predicted octanol–water partition coefficient (Wildman–Crippen LogP) is 2.19. The average Bonchev–Trinajstić information content (AvgIpc) is 3.05. The van der Waals surface area contributed by atoms with Gasteiger partial charge in [-0.25, -0.2) is 0 Å². The van der Waals surface area contributed by atoms with E-state index < -0.39 is 0 Å². The summed E-state index contributed by atoms with van der Waals surface area (Å²) >= 11 is 0. The molecule has 7 heteroatoms. The molecule has 134 valence electrons. The van der Waals surface area contributed by atoms with Gasteiger partial charge < -0.3 is 5.32 Å². The summed E-state index contributed by atoms with van der Waals surface area (Å²) in [5, 5.41) is 7.18. The van der Waals surface area contributed by atoms with Crippen LogP contribution in [0.15, 0.2) is 71.5 Å². The largest absolute Gasteiger partial charge is 0.310 e. The van der Waals surface area contributed by atoms with Crippen molar-refractivity contribution in [3.8, 4) is 0 Å². The van der Waals surface area contributed by atoms with E-state index in [1.165, 1.54) is 10.6 Å². The van der Waals surface area contributed by atoms with Crippen LogP contribution in [0, 0.1) is 0 Å². The van der Waals surface area contributed by atoms with Crippen molar-refractivity contribution in [2.24, 2.45) is 0 Å². The fraction of sp³-hybridized carbons (Fsp3) is 0.100. The first-order valence-electron chi connectivity index (χ1n) is 8.54. The molecule has 27 heavy (non-hydrogen) atoms. The third kappa shape index (κ3) is 3.92. The number of aromatic nitrogens is 4. The van der Waals surface area contributed by atoms with Gasteiger partial charge in [0, 0.05) is 12.5 Å². The van der Waals surface area contributed by atoms with Gasteiger partial charge in [-0.1, -0.05) is 60.7 Å². The quantitative estimate of drug-likeness (QED) is 0.571. The number of nitrogens with one attached hydrogen (secondary N) is 2. The van der Waals surface area contributed by atoms with Crippen LogP contribution in [-0.2, 0) is 17.6 Å². The lowest BCUT2D eigenvalue weighted by Gasteiger charge is -2.06. The lowest BCUT2D eigenvalue weighted by Crippen LogP contribution is -2.20. The van der Waals surface area contributed by atoms with Crippen molar-refractivity contribution >= 4 is 17.5 Å². The fourth-order valence-electron chi connectivity index (χ4n) is 2.85. The van der Waals surface area contributed by atoms with Crippen LogP contribution in [0.3, 0.4) is 0 Å². The van der Waals surface area contributed by atoms with E-state index in [2.05, 4.69) is 20.4 Å². The fourth-order valence-corrected chi connectivity index (χ4v) is 2.85. The third-order valence-corrected chi connectivity index (χ3v) is 4.06. The molecule has 0 saturated carbocycles. The average molecular weight is 359 g/mol. The van der Waals surface area contributed by atoms with Gasteiger partial charge in [0.15, 0.2) is 5.82 Å². The summed E-state index contributed by atoms with van der Waals surface area (Å²) in [5.41, 5.74) is 1.60. The zero-order valence-electron chi connectivity index (χ0n) is 14.4. The van der Waals surface area contributed by atoms with Crippen molar-refractivity contribution < 1.29 is 4.79 Å². The third-order valence-electron chi connectivity index (χ3n) is 4.06. The van der Waals surface area contributed by atoms with Crippen LogP contribution in [-0.4, -0.2) is 25.5 Å². The van der Waals surface area contributed by atoms with Gasteiger partial charge in [-0.15, -0.1) is 5.10 Å². The Kier molecular flexibility index (Phi) is 4.49. The molecule has 0 saturated heterocycles. The van der Waals surface area contributed by atoms with Gasteiger partial charge in [0.2, 0.25) is 11.7 Å². The number of carbonyl (C=O) groups is 1. The first kappa shape index (κ1) is 16.7. The number of nitrogens with zero attached hydrogens (tertiary/aromatic N) is 3. The Hall–Kier alpha value is -3.74. The van der Waals surface area contributed by atoms with Crippen molar-refractivity contribution in [3.05, 3.63) is 94.0 Å². The van der Waals surface area contributed by atoms with Crippen LogP contribution in [0.25, 0.3) is 5.78 Å². The zero-order chi connectivity index (χ0) is 18.6. The Balaban J connectivity index is 1.60. The molecule has 2 aromatic carbocycles. The van der Waals surface area contributed by atoms with Crippen LogP contribution in [0.1, 0.15) is 17.0 Å². The Bertz CT molecular complexity index is 1130. The van der Waals surface area contributed by atoms with Crippen LogP contribution >= 0.6 is 0 Å². The predicted molar refractivity (Wildman–Crippen MR) is 102 cm³/mol. The van der Waals surface area contributed by atoms with Crippen molar-refractivity contribution in [1.82, 2.24) is 19.6 Å². The van der Waals surface area contributed by atoms with E-state index in [-0.39, 0.29) is 17.9 Å². The van der Waals surface area contributed by atoms with E-state index >= 15 is 0 Å². The van der Waals surface area contributed by atoms with Crippen LogP contribution < -0.4 is 10.9 Å². The molecular weight excluding hydrogens is 342 g/mol. The number of aromatic amines is 1. The second-order valence-electron chi connectivity index (χ2n) is 6.16. The van der Waals surface area contributed by atoms with E-state index in [1.807, 2.05) is 60.7 Å². The minimum Gasteiger partial charge on any atom is -0.310 e. The van der Waals surface area contributed by atoms with E-state index in [4.69, 9.17) is 0 Å². The Morgan fingerprint density at radius 1 is 1.00 bits per heavy atom. The van der Waals surface area contributed by atoms with Crippen LogP contribution in [0.2, 0.25) is 0 Å². The van der Waals surface area contributed by atoms with Crippen molar-refractivity contribution in [1.29, 1.82) is 0 Å². The van der Waals surface area contributed by atoms with Crippen LogP contribution in [0.4, 0.5) is 5.82 Å². The number of hydrogen-bond acceptors (Lipinski definition) is 4. The number of benzene rings is 2. The minimum absolute atomic E-state index is 0.209. The topological polar surface area (TPSA) is 92.1 Å². The monoisotopic (exact) mass is 359 g/mol. The molecule has 0 spiro atoms. The number of H-pyrrole nitrogens is 1. The molecule has 4 rings (SSSR count). The Morgan fingerprint density at radius 2 is 1.67 bits per heavy atom. The number of anilines is 1. The molecule has 0 aliphatic carbocycles. The normalized spacial score (nSPS) is 10.8. The van der Waals surface area contributed by atoms with Gasteiger partial charge >= 0.3 is 0 Å². The zero-order valence-corrected chi connectivity index (χ0v) is 14.4. The van der Waals surface area contributed by atoms with E-state index in [9.17, 15) is 9.59 Å². The van der Waals surface area contributed by atoms with Gasteiger partial charge in [0.1, 0.15) is 5.82 Å². The van der Waals surface area contributed by atoms with Crippen molar-refractivity contribution in [2.75, 3.05) is 5.32 Å². The highest BCUT2D eigenvalue weighted by atomic mass is 16.2. The summed E-state index contributed by atoms with van der Waals surface area (Å²) in [6, 6.07) is 20.5. The molecule has 0 aliphatic rings. The number of hydrogen-bond donors (Lipinski definition) is 2. The number of rotatable bonds is 5. The van der Waals surface area contributed by atoms with Gasteiger partial charge in [-0.05, 0) is 11.1 Å². The lowest BCUT2D eigenvalue weighted by atomic mass is 10.1. The maximum Gasteiger partial charge on any atom is 0.254 e. The van der Waals surface area contributed by atoms with Crippen LogP contribution in [0.5, 0.6) is 0 Å². The molecule has 2 aromatic heterocycles. The first-order chi connectivity index (χ1) is 13.2. The maximum absolute atomic E-state index is 12.3. The second kappa shape index (κ2) is 7.25. The minimum atomic E-state index is -0.351. The molecule has 0 unspecified atom stereocenters. The molecule has 7 nitrogen and oxygen atoms in total. The van der Waals surface area contributed by atoms with Gasteiger partial charge in [0.05, 0.1) is 6.42 Å².